The molecule has 2 atom stereocenters. The number of carbonyl (C=O) groups is 3. The van der Waals surface area contributed by atoms with Crippen molar-refractivity contribution in [3.8, 4) is 33.5 Å². The lowest BCUT2D eigenvalue weighted by Gasteiger charge is -2.29. The molecule has 12 heteroatoms. The van der Waals surface area contributed by atoms with Crippen LogP contribution in [0.1, 0.15) is 126 Å². The van der Waals surface area contributed by atoms with Crippen molar-refractivity contribution in [2.45, 2.75) is 161 Å². The molecule has 350 valence electrons. The summed E-state index contributed by atoms with van der Waals surface area (Å²) in [7, 11) is -1.31. The quantitative estimate of drug-likeness (QED) is 0.115. The Morgan fingerprint density at radius 2 is 1.38 bits per heavy atom. The van der Waals surface area contributed by atoms with Gasteiger partial charge in [0.1, 0.15) is 23.8 Å². The van der Waals surface area contributed by atoms with Crippen LogP contribution in [0.5, 0.6) is 0 Å². The summed E-state index contributed by atoms with van der Waals surface area (Å²) < 4.78 is 20.1. The van der Waals surface area contributed by atoms with Crippen LogP contribution in [0.25, 0.3) is 33.5 Å². The molecule has 2 saturated heterocycles. The monoisotopic (exact) mass is 912 g/mol. The highest BCUT2D eigenvalue weighted by molar-refractivity contribution is 6.76. The van der Waals surface area contributed by atoms with Crippen LogP contribution in [0.15, 0.2) is 65.8 Å². The number of likely N-dealkylation sites (tertiary alicyclic amines) is 2. The Kier molecular flexibility index (Phi) is 12.2. The van der Waals surface area contributed by atoms with E-state index in [1.54, 1.807) is 0 Å². The summed E-state index contributed by atoms with van der Waals surface area (Å²) >= 11 is 0. The van der Waals surface area contributed by atoms with Gasteiger partial charge in [0.2, 0.25) is 0 Å². The Labute approximate surface area is 392 Å². The average Bonchev–Trinajstić information content (AvgIpc) is 4.11. The standard InChI is InChI=1S/C54H69N5O6Si/c1-52(2,3)64-50(61)57-26-12-14-44(57)43-31-38-30-37(20-23-42(38)56-43)39-21-22-40(47-41(39)32-54(48(47)60)24-10-11-25-54)35-16-18-36(19-17-35)46-33-55-49(59(46)34-63-28-29-66(7,8)9)45-15-13-27-58(45)51(62)65-53(4,5)6/h16-23,30,33,44-45H,10-15,24-29,31-32,34H2,1-9H3/t44-,45-/m0/s1. The maximum Gasteiger partial charge on any atom is 0.410 e. The van der Waals surface area contributed by atoms with Crippen molar-refractivity contribution in [3.05, 3.63) is 83.3 Å². The van der Waals surface area contributed by atoms with Gasteiger partial charge in [-0.1, -0.05) is 74.9 Å². The number of imidazole rings is 1. The van der Waals surface area contributed by atoms with Gasteiger partial charge in [0.15, 0.2) is 5.78 Å². The zero-order chi connectivity index (χ0) is 46.8. The summed E-state index contributed by atoms with van der Waals surface area (Å²) in [4.78, 5) is 55.2. The molecule has 1 saturated carbocycles. The maximum atomic E-state index is 14.8. The van der Waals surface area contributed by atoms with Crippen LogP contribution in [0.4, 0.5) is 15.3 Å². The SMILES string of the molecule is CC(C)(C)OC(=O)N1CCC[C@H]1C1=Nc2ccc(-c3ccc(-c4ccc(-c5cnc([C@@H]6CCCN6C(=O)OC(C)(C)C)n5COCC[Si](C)(C)C)cc4)c4c3CC3(CCCC3)C4=O)cc2C1. The van der Waals surface area contributed by atoms with Crippen LogP contribution in [0.3, 0.4) is 0 Å². The second-order valence-electron chi connectivity index (χ2n) is 22.6. The van der Waals surface area contributed by atoms with Gasteiger partial charge in [0.05, 0.1) is 29.7 Å². The molecule has 9 rings (SSSR count). The van der Waals surface area contributed by atoms with Gasteiger partial charge in [-0.3, -0.25) is 19.6 Å². The Hall–Kier alpha value is -5.07. The number of amides is 2. The van der Waals surface area contributed by atoms with Crippen molar-refractivity contribution < 1.29 is 28.6 Å². The highest BCUT2D eigenvalue weighted by atomic mass is 28.3. The zero-order valence-corrected chi connectivity index (χ0v) is 41.7. The number of aliphatic imine (C=N–C) groups is 1. The molecular weight excluding hydrogens is 843 g/mol. The van der Waals surface area contributed by atoms with E-state index in [1.807, 2.05) is 57.5 Å². The number of ether oxygens (including phenoxy) is 3. The lowest BCUT2D eigenvalue weighted by atomic mass is 9.81. The van der Waals surface area contributed by atoms with E-state index in [1.165, 1.54) is 0 Å². The summed E-state index contributed by atoms with van der Waals surface area (Å²) in [5, 5.41) is 0. The highest BCUT2D eigenvalue weighted by Gasteiger charge is 2.49. The van der Waals surface area contributed by atoms with Crippen molar-refractivity contribution in [1.29, 1.82) is 0 Å². The molecule has 11 nitrogen and oxygen atoms in total. The molecule has 3 fully saturated rings. The molecule has 66 heavy (non-hydrogen) atoms. The smallest absolute Gasteiger partial charge is 0.410 e. The third-order valence-electron chi connectivity index (χ3n) is 14.2. The summed E-state index contributed by atoms with van der Waals surface area (Å²) in [5.41, 5.74) is 9.77. The van der Waals surface area contributed by atoms with Crippen molar-refractivity contribution in [2.75, 3.05) is 19.7 Å². The molecule has 4 aromatic rings. The minimum atomic E-state index is -1.31. The number of rotatable bonds is 10. The number of carbonyl (C=O) groups excluding carboxylic acids is 3. The molecule has 1 spiro atoms. The van der Waals surface area contributed by atoms with Gasteiger partial charge in [-0.2, -0.15) is 0 Å². The van der Waals surface area contributed by atoms with Crippen molar-refractivity contribution in [1.82, 2.24) is 19.4 Å². The Bertz CT molecular complexity index is 2550. The molecule has 2 amide bonds. The van der Waals surface area contributed by atoms with E-state index in [-0.39, 0.29) is 35.5 Å². The fraction of sp³-hybridized carbons (Fsp3) is 0.537. The number of hydrogen-bond acceptors (Lipinski definition) is 8. The normalized spacial score (nSPS) is 20.3. The third kappa shape index (κ3) is 9.29. The topological polar surface area (TPSA) is 116 Å². The van der Waals surface area contributed by atoms with E-state index in [9.17, 15) is 14.4 Å². The summed E-state index contributed by atoms with van der Waals surface area (Å²) in [6.07, 6.45) is 10.3. The molecule has 0 radical (unpaired) electrons. The molecule has 0 unspecified atom stereocenters. The molecular formula is C54H69N5O6Si. The van der Waals surface area contributed by atoms with Crippen LogP contribution < -0.4 is 0 Å². The number of aromatic nitrogens is 2. The van der Waals surface area contributed by atoms with Crippen LogP contribution in [0, 0.1) is 5.41 Å². The third-order valence-corrected chi connectivity index (χ3v) is 15.9. The van der Waals surface area contributed by atoms with E-state index in [2.05, 4.69) is 78.8 Å². The van der Waals surface area contributed by atoms with Crippen LogP contribution >= 0.6 is 0 Å². The van der Waals surface area contributed by atoms with E-state index in [0.717, 1.165) is 131 Å². The molecule has 0 N–H and O–H groups in total. The first-order valence-corrected chi connectivity index (χ1v) is 28.1. The highest BCUT2D eigenvalue weighted by Crippen LogP contribution is 2.53. The average molecular weight is 912 g/mol. The largest absolute Gasteiger partial charge is 0.444 e. The lowest BCUT2D eigenvalue weighted by molar-refractivity contribution is 0.0202. The fourth-order valence-corrected chi connectivity index (χ4v) is 11.7. The number of Topliss-reactive ketones (excluding diaryl/α,β-unsaturated/α-hetero) is 1. The molecule has 2 aliphatic carbocycles. The minimum absolute atomic E-state index is 0.0666. The summed E-state index contributed by atoms with van der Waals surface area (Å²) in [6, 6.07) is 20.2. The van der Waals surface area contributed by atoms with Gasteiger partial charge in [-0.25, -0.2) is 14.6 Å². The van der Waals surface area contributed by atoms with E-state index in [4.69, 9.17) is 24.2 Å². The summed E-state index contributed by atoms with van der Waals surface area (Å²) in [5.74, 6) is 1.09. The number of ketones is 1. The van der Waals surface area contributed by atoms with Crippen molar-refractivity contribution >= 4 is 37.4 Å². The van der Waals surface area contributed by atoms with Crippen molar-refractivity contribution in [2.24, 2.45) is 10.4 Å². The van der Waals surface area contributed by atoms with E-state index in [0.29, 0.717) is 32.8 Å². The number of benzene rings is 3. The Morgan fingerprint density at radius 3 is 2.03 bits per heavy atom. The van der Waals surface area contributed by atoms with E-state index >= 15 is 0 Å². The first-order valence-electron chi connectivity index (χ1n) is 24.4. The number of nitrogens with zero attached hydrogens (tertiary/aromatic N) is 5. The minimum Gasteiger partial charge on any atom is -0.444 e. The summed E-state index contributed by atoms with van der Waals surface area (Å²) in [6.45, 7) is 20.8. The second kappa shape index (κ2) is 17.5. The maximum absolute atomic E-state index is 14.8. The number of hydrogen-bond donors (Lipinski definition) is 0. The first-order chi connectivity index (χ1) is 31.3. The van der Waals surface area contributed by atoms with E-state index < -0.39 is 19.3 Å². The fourth-order valence-electron chi connectivity index (χ4n) is 10.9. The van der Waals surface area contributed by atoms with Gasteiger partial charge in [0.25, 0.3) is 0 Å². The predicted octanol–water partition coefficient (Wildman–Crippen LogP) is 12.6. The first kappa shape index (κ1) is 46.1. The molecule has 5 aliphatic rings. The zero-order valence-electron chi connectivity index (χ0n) is 40.7. The Balaban J connectivity index is 1.01. The molecule has 3 aromatic carbocycles. The molecule has 0 bridgehead atoms. The van der Waals surface area contributed by atoms with Crippen LogP contribution in [0.2, 0.25) is 25.7 Å². The van der Waals surface area contributed by atoms with Gasteiger partial charge >= 0.3 is 12.2 Å². The van der Waals surface area contributed by atoms with Crippen molar-refractivity contribution in [3.63, 3.8) is 0 Å². The molecule has 4 heterocycles. The number of fused-ring (bicyclic) bond motifs is 2. The molecule has 1 aromatic heterocycles. The van der Waals surface area contributed by atoms with Crippen LogP contribution in [-0.2, 0) is 33.8 Å². The van der Waals surface area contributed by atoms with Gasteiger partial charge in [-0.15, -0.1) is 0 Å². The Morgan fingerprint density at radius 1 is 0.773 bits per heavy atom. The van der Waals surface area contributed by atoms with Gasteiger partial charge in [-0.05, 0) is 144 Å². The second-order valence-corrected chi connectivity index (χ2v) is 28.3. The predicted molar refractivity (Wildman–Crippen MR) is 263 cm³/mol. The lowest BCUT2D eigenvalue weighted by Crippen LogP contribution is -2.43. The van der Waals surface area contributed by atoms with Crippen LogP contribution in [-0.4, -0.2) is 88.0 Å². The molecule has 3 aliphatic heterocycles. The van der Waals surface area contributed by atoms with Gasteiger partial charge in [0, 0.05) is 50.9 Å². The van der Waals surface area contributed by atoms with Gasteiger partial charge < -0.3 is 18.8 Å².